The molecule has 0 aliphatic heterocycles. The van der Waals surface area contributed by atoms with Gasteiger partial charge in [0.05, 0.1) is 30.5 Å². The van der Waals surface area contributed by atoms with Crippen LogP contribution in [0.15, 0.2) is 79.1 Å². The molecular weight excluding hydrogens is 650 g/mol. The van der Waals surface area contributed by atoms with Gasteiger partial charge in [0.1, 0.15) is 23.8 Å². The molecule has 3 heterocycles. The summed E-state index contributed by atoms with van der Waals surface area (Å²) in [4.78, 5) is 37.7. The highest BCUT2D eigenvalue weighted by atomic mass is 19.3. The second-order valence-electron chi connectivity index (χ2n) is 12.3. The van der Waals surface area contributed by atoms with E-state index in [1.165, 1.54) is 18.3 Å². The Hall–Kier alpha value is -5.01. The Balaban J connectivity index is 1.06. The molecule has 1 aromatic carbocycles. The number of ether oxygens (including phenoxy) is 4. The lowest BCUT2D eigenvalue weighted by atomic mass is 9.73. The smallest absolute Gasteiger partial charge is 0.432 e. The molecule has 0 bridgehead atoms. The van der Waals surface area contributed by atoms with Crippen LogP contribution in [0.25, 0.3) is 11.3 Å². The summed E-state index contributed by atoms with van der Waals surface area (Å²) in [6.07, 6.45) is 1.52. The highest BCUT2D eigenvalue weighted by molar-refractivity contribution is 5.72. The average Bonchev–Trinajstić information content (AvgIpc) is 3.12. The molecule has 264 valence electrons. The van der Waals surface area contributed by atoms with Crippen molar-refractivity contribution in [1.29, 1.82) is 0 Å². The zero-order valence-electron chi connectivity index (χ0n) is 27.9. The number of benzene rings is 1. The first kappa shape index (κ1) is 36.3. The van der Waals surface area contributed by atoms with Gasteiger partial charge in [-0.1, -0.05) is 30.3 Å². The van der Waals surface area contributed by atoms with E-state index in [0.29, 0.717) is 55.1 Å². The number of pyridine rings is 3. The van der Waals surface area contributed by atoms with Gasteiger partial charge in [0.25, 0.3) is 6.43 Å². The summed E-state index contributed by atoms with van der Waals surface area (Å²) in [5.41, 5.74) is 2.31. The number of alkyl halides is 2. The molecule has 4 aromatic rings. The first-order chi connectivity index (χ1) is 24.1. The number of halogens is 2. The van der Waals surface area contributed by atoms with Gasteiger partial charge in [-0.05, 0) is 93.0 Å². The van der Waals surface area contributed by atoms with Crippen LogP contribution in [0.1, 0.15) is 61.4 Å². The number of hydrogen-bond donors (Lipinski definition) is 2. The molecule has 0 spiro atoms. The summed E-state index contributed by atoms with van der Waals surface area (Å²) in [5.74, 6) is -0.306. The lowest BCUT2D eigenvalue weighted by Gasteiger charge is -2.37. The number of rotatable bonds is 14. The van der Waals surface area contributed by atoms with E-state index in [1.807, 2.05) is 49.4 Å². The SMILES string of the molecule is Cc1cc(Nc2cc(C(F)F)ccn2)nc(-c2ccc([C@](C)(O)[C@H]3CC[C@H](C(=O)OCOC(=O)OCCOCc4ccccc4)CC3)nc2)c1. The van der Waals surface area contributed by atoms with Gasteiger partial charge in [-0.15, -0.1) is 0 Å². The van der Waals surface area contributed by atoms with Gasteiger partial charge in [-0.25, -0.2) is 23.5 Å². The van der Waals surface area contributed by atoms with Crippen LogP contribution >= 0.6 is 0 Å². The van der Waals surface area contributed by atoms with Crippen molar-refractivity contribution in [3.63, 3.8) is 0 Å². The molecule has 0 unspecified atom stereocenters. The highest BCUT2D eigenvalue weighted by Gasteiger charge is 2.39. The molecule has 0 amide bonds. The van der Waals surface area contributed by atoms with Crippen LogP contribution in [0.3, 0.4) is 0 Å². The topological polar surface area (TPSA) is 142 Å². The van der Waals surface area contributed by atoms with Gasteiger partial charge < -0.3 is 29.4 Å². The van der Waals surface area contributed by atoms with Crippen molar-refractivity contribution in [2.75, 3.05) is 25.3 Å². The van der Waals surface area contributed by atoms with Crippen molar-refractivity contribution < 1.29 is 42.4 Å². The Morgan fingerprint density at radius 2 is 1.72 bits per heavy atom. The van der Waals surface area contributed by atoms with Crippen LogP contribution in [-0.4, -0.2) is 52.2 Å². The third-order valence-corrected chi connectivity index (χ3v) is 8.63. The minimum absolute atomic E-state index is 0.00297. The largest absolute Gasteiger partial charge is 0.511 e. The molecule has 0 saturated heterocycles. The second kappa shape index (κ2) is 17.1. The molecule has 1 aliphatic rings. The van der Waals surface area contributed by atoms with Crippen molar-refractivity contribution in [1.82, 2.24) is 15.0 Å². The molecule has 13 heteroatoms. The predicted molar refractivity (Wildman–Crippen MR) is 179 cm³/mol. The fourth-order valence-electron chi connectivity index (χ4n) is 5.85. The molecule has 5 rings (SSSR count). The van der Waals surface area contributed by atoms with E-state index in [4.69, 9.17) is 18.9 Å². The van der Waals surface area contributed by atoms with Crippen LogP contribution in [-0.2, 0) is 35.9 Å². The Morgan fingerprint density at radius 3 is 2.44 bits per heavy atom. The van der Waals surface area contributed by atoms with E-state index in [9.17, 15) is 23.5 Å². The number of aliphatic hydroxyl groups is 1. The third-order valence-electron chi connectivity index (χ3n) is 8.63. The van der Waals surface area contributed by atoms with Crippen LogP contribution in [0, 0.1) is 18.8 Å². The predicted octanol–water partition coefficient (Wildman–Crippen LogP) is 7.41. The van der Waals surface area contributed by atoms with Crippen molar-refractivity contribution in [2.24, 2.45) is 11.8 Å². The van der Waals surface area contributed by atoms with Crippen molar-refractivity contribution in [3.8, 4) is 11.3 Å². The fourth-order valence-corrected chi connectivity index (χ4v) is 5.85. The maximum absolute atomic E-state index is 13.1. The van der Waals surface area contributed by atoms with E-state index in [-0.39, 0.29) is 36.4 Å². The zero-order chi connectivity index (χ0) is 35.5. The first-order valence-electron chi connectivity index (χ1n) is 16.4. The Morgan fingerprint density at radius 1 is 0.940 bits per heavy atom. The number of hydrogen-bond acceptors (Lipinski definition) is 11. The lowest BCUT2D eigenvalue weighted by molar-refractivity contribution is -0.160. The number of nitrogens with zero attached hydrogens (tertiary/aromatic N) is 3. The Labute approximate surface area is 289 Å². The normalized spacial score (nSPS) is 17.1. The van der Waals surface area contributed by atoms with Gasteiger partial charge in [-0.3, -0.25) is 9.78 Å². The molecule has 2 N–H and O–H groups in total. The number of nitrogens with one attached hydrogen (secondary N) is 1. The molecule has 0 radical (unpaired) electrons. The molecule has 11 nitrogen and oxygen atoms in total. The van der Waals surface area contributed by atoms with Crippen LogP contribution in [0.5, 0.6) is 0 Å². The number of carbonyl (C=O) groups excluding carboxylic acids is 2. The number of aryl methyl sites for hydroxylation is 1. The summed E-state index contributed by atoms with van der Waals surface area (Å²) < 4.78 is 46.6. The standard InChI is InChI=1S/C37H40F2N4O7/c1-24-18-30(42-33(19-24)43-32-20-27(34(38)39)14-15-40-32)28-10-13-31(41-21-28)37(2,46)29-11-8-26(9-12-29)35(44)49-23-50-36(45)48-17-16-47-22-25-6-4-3-5-7-25/h3-7,10,13-15,18-21,26,29,34,46H,8-9,11-12,16-17,22-23H2,1-2H3,(H,40,42,43)/t26-,29-,37-/m1/s1. The Bertz CT molecular complexity index is 1720. The molecule has 1 aliphatic carbocycles. The minimum Gasteiger partial charge on any atom is -0.432 e. The lowest BCUT2D eigenvalue weighted by Crippen LogP contribution is -2.37. The third kappa shape index (κ3) is 10.0. The highest BCUT2D eigenvalue weighted by Crippen LogP contribution is 2.41. The summed E-state index contributed by atoms with van der Waals surface area (Å²) in [6.45, 7) is 3.66. The molecule has 1 atom stereocenters. The first-order valence-corrected chi connectivity index (χ1v) is 16.4. The van der Waals surface area contributed by atoms with Crippen molar-refractivity contribution in [2.45, 2.75) is 58.2 Å². The number of esters is 1. The number of carbonyl (C=O) groups is 2. The van der Waals surface area contributed by atoms with Crippen LogP contribution in [0.2, 0.25) is 0 Å². The molecular formula is C37H40F2N4O7. The number of anilines is 2. The number of aromatic nitrogens is 3. The van der Waals surface area contributed by atoms with Crippen molar-refractivity contribution >= 4 is 23.8 Å². The van der Waals surface area contributed by atoms with Gasteiger partial charge in [0, 0.05) is 23.5 Å². The van der Waals surface area contributed by atoms with E-state index in [0.717, 1.165) is 11.1 Å². The summed E-state index contributed by atoms with van der Waals surface area (Å²) in [5, 5.41) is 14.5. The van der Waals surface area contributed by atoms with Gasteiger partial charge in [-0.2, -0.15) is 0 Å². The van der Waals surface area contributed by atoms with Gasteiger partial charge in [0.2, 0.25) is 6.79 Å². The molecule has 3 aromatic heterocycles. The van der Waals surface area contributed by atoms with E-state index in [2.05, 4.69) is 20.3 Å². The zero-order valence-corrected chi connectivity index (χ0v) is 27.9. The molecule has 1 saturated carbocycles. The quantitative estimate of drug-likeness (QED) is 0.0776. The maximum Gasteiger partial charge on any atom is 0.511 e. The Kier molecular flexibility index (Phi) is 12.4. The van der Waals surface area contributed by atoms with E-state index >= 15 is 0 Å². The van der Waals surface area contributed by atoms with Gasteiger partial charge >= 0.3 is 12.1 Å². The van der Waals surface area contributed by atoms with Crippen LogP contribution < -0.4 is 5.32 Å². The van der Waals surface area contributed by atoms with Crippen LogP contribution in [0.4, 0.5) is 25.2 Å². The fraction of sp³-hybridized carbons (Fsp3) is 0.378. The van der Waals surface area contributed by atoms with E-state index < -0.39 is 30.9 Å². The summed E-state index contributed by atoms with van der Waals surface area (Å²) >= 11 is 0. The summed E-state index contributed by atoms with van der Waals surface area (Å²) in [6, 6.07) is 19.4. The average molecular weight is 691 g/mol. The molecule has 50 heavy (non-hydrogen) atoms. The maximum atomic E-state index is 13.1. The van der Waals surface area contributed by atoms with E-state index in [1.54, 1.807) is 25.3 Å². The minimum atomic E-state index is -2.61. The van der Waals surface area contributed by atoms with Crippen molar-refractivity contribution in [3.05, 3.63) is 102 Å². The second-order valence-corrected chi connectivity index (χ2v) is 12.3. The summed E-state index contributed by atoms with van der Waals surface area (Å²) in [7, 11) is 0. The monoisotopic (exact) mass is 690 g/mol. The van der Waals surface area contributed by atoms with Gasteiger partial charge in [0.15, 0.2) is 0 Å². The molecule has 1 fully saturated rings.